The smallest absolute Gasteiger partial charge is 0.314 e. The molecule has 1 aromatic heterocycles. The van der Waals surface area contributed by atoms with Crippen LogP contribution in [0.25, 0.3) is 6.08 Å². The molecule has 30 heavy (non-hydrogen) atoms. The van der Waals surface area contributed by atoms with Crippen molar-refractivity contribution in [3.8, 4) is 0 Å². The van der Waals surface area contributed by atoms with Crippen molar-refractivity contribution in [1.29, 1.82) is 0 Å². The van der Waals surface area contributed by atoms with E-state index in [9.17, 15) is 9.59 Å². The van der Waals surface area contributed by atoms with Crippen molar-refractivity contribution in [2.24, 2.45) is 5.41 Å². The Kier molecular flexibility index (Phi) is 7.44. The predicted octanol–water partition coefficient (Wildman–Crippen LogP) is 3.86. The maximum Gasteiger partial charge on any atom is 0.314 e. The lowest BCUT2D eigenvalue weighted by atomic mass is 9.76. The first kappa shape index (κ1) is 21.8. The number of benzene rings is 1. The minimum Gasteiger partial charge on any atom is -0.466 e. The second-order valence-electron chi connectivity index (χ2n) is 7.91. The van der Waals surface area contributed by atoms with Crippen LogP contribution in [0.1, 0.15) is 43.9 Å². The van der Waals surface area contributed by atoms with Gasteiger partial charge in [0.25, 0.3) is 0 Å². The Balaban J connectivity index is 1.67. The topological polar surface area (TPSA) is 64.4 Å². The molecule has 0 N–H and O–H groups in total. The number of amides is 1. The third-order valence-corrected chi connectivity index (χ3v) is 5.59. The summed E-state index contributed by atoms with van der Waals surface area (Å²) in [5.41, 5.74) is 1.35. The average Bonchev–Trinajstić information content (AvgIpc) is 3.18. The number of likely N-dealkylation sites (tertiary alicyclic amines) is 1. The van der Waals surface area contributed by atoms with Gasteiger partial charge in [-0.05, 0) is 44.7 Å². The zero-order valence-corrected chi connectivity index (χ0v) is 17.9. The number of allylic oxidation sites excluding steroid dienone is 1. The zero-order valence-electron chi connectivity index (χ0n) is 17.9. The number of carbonyl (C=O) groups is 2. The summed E-state index contributed by atoms with van der Waals surface area (Å²) in [6.07, 6.45) is 8.41. The van der Waals surface area contributed by atoms with Crippen LogP contribution in [-0.4, -0.2) is 46.3 Å². The number of nitrogens with zero attached hydrogens (tertiary/aromatic N) is 3. The van der Waals surface area contributed by atoms with E-state index in [1.54, 1.807) is 4.68 Å². The van der Waals surface area contributed by atoms with Gasteiger partial charge in [-0.2, -0.15) is 5.10 Å². The average molecular weight is 410 g/mol. The summed E-state index contributed by atoms with van der Waals surface area (Å²) in [5, 5.41) is 4.34. The summed E-state index contributed by atoms with van der Waals surface area (Å²) in [4.78, 5) is 27.6. The van der Waals surface area contributed by atoms with E-state index >= 15 is 0 Å². The van der Waals surface area contributed by atoms with Crippen molar-refractivity contribution in [2.45, 2.75) is 46.1 Å². The van der Waals surface area contributed by atoms with Gasteiger partial charge in [0, 0.05) is 32.3 Å². The second-order valence-corrected chi connectivity index (χ2v) is 7.91. The molecule has 1 fully saturated rings. The van der Waals surface area contributed by atoms with E-state index in [0.29, 0.717) is 39.1 Å². The Labute approximate surface area is 178 Å². The fraction of sp³-hybridized carbons (Fsp3) is 0.458. The van der Waals surface area contributed by atoms with Crippen molar-refractivity contribution in [1.82, 2.24) is 14.7 Å². The first-order chi connectivity index (χ1) is 14.5. The number of ether oxygens (including phenoxy) is 1. The fourth-order valence-electron chi connectivity index (χ4n) is 3.99. The van der Waals surface area contributed by atoms with E-state index in [2.05, 4.69) is 5.10 Å². The molecule has 0 saturated carbocycles. The monoisotopic (exact) mass is 409 g/mol. The predicted molar refractivity (Wildman–Crippen MR) is 117 cm³/mol. The molecule has 1 aliphatic rings. The summed E-state index contributed by atoms with van der Waals surface area (Å²) in [6.45, 7) is 5.73. The summed E-state index contributed by atoms with van der Waals surface area (Å²) >= 11 is 0. The van der Waals surface area contributed by atoms with E-state index in [1.165, 1.54) is 0 Å². The molecule has 3 rings (SSSR count). The highest BCUT2D eigenvalue weighted by molar-refractivity contribution is 5.81. The van der Waals surface area contributed by atoms with Crippen molar-refractivity contribution in [3.63, 3.8) is 0 Å². The first-order valence-electron chi connectivity index (χ1n) is 10.7. The van der Waals surface area contributed by atoms with E-state index in [1.807, 2.05) is 73.5 Å². The van der Waals surface area contributed by atoms with Gasteiger partial charge in [0.2, 0.25) is 5.91 Å². The fourth-order valence-corrected chi connectivity index (χ4v) is 3.99. The first-order valence-corrected chi connectivity index (χ1v) is 10.7. The van der Waals surface area contributed by atoms with Crippen LogP contribution in [0.15, 0.2) is 48.7 Å². The van der Waals surface area contributed by atoms with Gasteiger partial charge in [-0.15, -0.1) is 0 Å². The van der Waals surface area contributed by atoms with Gasteiger partial charge in [0.1, 0.15) is 0 Å². The summed E-state index contributed by atoms with van der Waals surface area (Å²) in [5.74, 6) is -0.147. The van der Waals surface area contributed by atoms with E-state index in [-0.39, 0.29) is 11.9 Å². The highest BCUT2D eigenvalue weighted by Crippen LogP contribution is 2.36. The van der Waals surface area contributed by atoms with E-state index in [4.69, 9.17) is 4.74 Å². The second kappa shape index (κ2) is 10.2. The Bertz CT molecular complexity index is 875. The van der Waals surface area contributed by atoms with Gasteiger partial charge >= 0.3 is 5.97 Å². The van der Waals surface area contributed by atoms with E-state index in [0.717, 1.165) is 24.1 Å². The number of carbonyl (C=O) groups excluding carboxylic acids is 2. The summed E-state index contributed by atoms with van der Waals surface area (Å²) < 4.78 is 7.21. The molecule has 0 aliphatic carbocycles. The largest absolute Gasteiger partial charge is 0.466 e. The van der Waals surface area contributed by atoms with Crippen LogP contribution in [0.2, 0.25) is 0 Å². The standard InChI is InChI=1S/C24H31N3O3/c1-3-30-23(29)24(14-7-11-21-9-5-4-6-10-21)15-8-16-26(19-24)22(28)13-18-27-17-12-20(2)25-27/h4-7,9-12,17H,3,8,13-16,18-19H2,1-2H3. The van der Waals surface area contributed by atoms with Crippen molar-refractivity contribution >= 4 is 18.0 Å². The zero-order chi connectivity index (χ0) is 21.4. The maximum atomic E-state index is 12.9. The Morgan fingerprint density at radius 3 is 2.73 bits per heavy atom. The number of aromatic nitrogens is 2. The number of hydrogen-bond acceptors (Lipinski definition) is 4. The molecule has 1 atom stereocenters. The van der Waals surface area contributed by atoms with Crippen molar-refractivity contribution < 1.29 is 14.3 Å². The van der Waals surface area contributed by atoms with Crippen LogP contribution < -0.4 is 0 Å². The normalized spacial score (nSPS) is 19.2. The number of rotatable bonds is 8. The molecule has 2 aromatic rings. The lowest BCUT2D eigenvalue weighted by Crippen LogP contribution is -2.50. The number of piperidine rings is 1. The molecule has 1 saturated heterocycles. The molecule has 0 bridgehead atoms. The molecular weight excluding hydrogens is 378 g/mol. The molecule has 0 radical (unpaired) electrons. The Hall–Kier alpha value is -2.89. The van der Waals surface area contributed by atoms with Gasteiger partial charge in [-0.1, -0.05) is 42.5 Å². The number of hydrogen-bond donors (Lipinski definition) is 0. The van der Waals surface area contributed by atoms with Crippen LogP contribution >= 0.6 is 0 Å². The minimum absolute atomic E-state index is 0.0589. The third-order valence-electron chi connectivity index (χ3n) is 5.59. The number of aryl methyl sites for hydroxylation is 2. The van der Waals surface area contributed by atoms with Gasteiger partial charge in [-0.3, -0.25) is 14.3 Å². The van der Waals surface area contributed by atoms with Crippen molar-refractivity contribution in [3.05, 3.63) is 59.9 Å². The molecule has 6 nitrogen and oxygen atoms in total. The number of esters is 1. The van der Waals surface area contributed by atoms with Crippen LogP contribution in [0.3, 0.4) is 0 Å². The van der Waals surface area contributed by atoms with Crippen LogP contribution in [0.5, 0.6) is 0 Å². The van der Waals surface area contributed by atoms with Crippen LogP contribution in [-0.2, 0) is 20.9 Å². The molecule has 1 aliphatic heterocycles. The summed E-state index contributed by atoms with van der Waals surface area (Å²) in [6, 6.07) is 11.9. The van der Waals surface area contributed by atoms with E-state index < -0.39 is 5.41 Å². The maximum absolute atomic E-state index is 12.9. The Morgan fingerprint density at radius 1 is 1.23 bits per heavy atom. The molecular formula is C24H31N3O3. The van der Waals surface area contributed by atoms with Gasteiger partial charge in [-0.25, -0.2) is 0 Å². The molecule has 1 aromatic carbocycles. The third kappa shape index (κ3) is 5.59. The molecule has 160 valence electrons. The lowest BCUT2D eigenvalue weighted by Gasteiger charge is -2.40. The molecule has 2 heterocycles. The van der Waals surface area contributed by atoms with Crippen LogP contribution in [0, 0.1) is 12.3 Å². The van der Waals surface area contributed by atoms with Gasteiger partial charge in [0.15, 0.2) is 0 Å². The molecule has 6 heteroatoms. The highest BCUT2D eigenvalue weighted by atomic mass is 16.5. The Morgan fingerprint density at radius 2 is 2.03 bits per heavy atom. The quantitative estimate of drug-likeness (QED) is 0.621. The SMILES string of the molecule is CCOC(=O)C1(CC=Cc2ccccc2)CCCN(C(=O)CCn2ccc(C)n2)C1. The van der Waals surface area contributed by atoms with Crippen molar-refractivity contribution in [2.75, 3.05) is 19.7 Å². The lowest BCUT2D eigenvalue weighted by molar-refractivity contribution is -0.160. The molecule has 0 spiro atoms. The molecule has 1 unspecified atom stereocenters. The summed E-state index contributed by atoms with van der Waals surface area (Å²) in [7, 11) is 0. The highest BCUT2D eigenvalue weighted by Gasteiger charge is 2.43. The molecule has 1 amide bonds. The minimum atomic E-state index is -0.683. The van der Waals surface area contributed by atoms with Crippen LogP contribution in [0.4, 0.5) is 0 Å². The van der Waals surface area contributed by atoms with Gasteiger partial charge < -0.3 is 9.64 Å². The van der Waals surface area contributed by atoms with Gasteiger partial charge in [0.05, 0.1) is 17.7 Å².